The van der Waals surface area contributed by atoms with Crippen LogP contribution in [-0.2, 0) is 20.8 Å². The second-order valence-electron chi connectivity index (χ2n) is 10.8. The molecule has 0 aliphatic heterocycles. The van der Waals surface area contributed by atoms with E-state index in [9.17, 15) is 24.3 Å². The Hall–Kier alpha value is -3.93. The minimum atomic E-state index is -1.11. The first-order valence-corrected chi connectivity index (χ1v) is 16.0. The predicted molar refractivity (Wildman–Crippen MR) is 172 cm³/mol. The van der Waals surface area contributed by atoms with Crippen LogP contribution >= 0.6 is 11.8 Å². The van der Waals surface area contributed by atoms with Gasteiger partial charge in [-0.05, 0) is 72.1 Å². The fourth-order valence-corrected chi connectivity index (χ4v) is 5.93. The Labute approximate surface area is 262 Å². The average Bonchev–Trinajstić information content (AvgIpc) is 3.24. The summed E-state index contributed by atoms with van der Waals surface area (Å²) in [5.41, 5.74) is 2.63. The number of hydrogen-bond acceptors (Lipinski definition) is 9. The van der Waals surface area contributed by atoms with Crippen LogP contribution in [0.1, 0.15) is 57.2 Å². The van der Waals surface area contributed by atoms with Crippen molar-refractivity contribution in [2.45, 2.75) is 64.6 Å². The maximum Gasteiger partial charge on any atom is 0.326 e. The summed E-state index contributed by atoms with van der Waals surface area (Å²) in [5, 5.41) is 18.5. The lowest BCUT2D eigenvalue weighted by molar-refractivity contribution is -0.143. The van der Waals surface area contributed by atoms with E-state index in [4.69, 9.17) is 14.2 Å². The Morgan fingerprint density at radius 1 is 1.09 bits per heavy atom. The quantitative estimate of drug-likeness (QED) is 0.241. The molecule has 0 saturated heterocycles. The molecule has 11 nitrogen and oxygen atoms in total. The summed E-state index contributed by atoms with van der Waals surface area (Å²) in [4.78, 5) is 51.3. The van der Waals surface area contributed by atoms with Gasteiger partial charge in [0.25, 0.3) is 0 Å². The topological polar surface area (TPSA) is 152 Å². The van der Waals surface area contributed by atoms with Crippen LogP contribution in [0.4, 0.5) is 5.69 Å². The second kappa shape index (κ2) is 15.7. The lowest BCUT2D eigenvalue weighted by atomic mass is 9.95. The van der Waals surface area contributed by atoms with Gasteiger partial charge in [0.2, 0.25) is 23.0 Å². The lowest BCUT2D eigenvalue weighted by Gasteiger charge is -2.24. The number of benzene rings is 1. The Bertz CT molecular complexity index is 1430. The van der Waals surface area contributed by atoms with Crippen molar-refractivity contribution in [1.29, 1.82) is 0 Å². The number of anilines is 1. The van der Waals surface area contributed by atoms with Crippen molar-refractivity contribution < 1.29 is 33.7 Å². The molecule has 0 spiro atoms. The van der Waals surface area contributed by atoms with E-state index in [2.05, 4.69) is 16.0 Å². The molecule has 1 aliphatic rings. The molecular formula is C32H43N3O8S. The van der Waals surface area contributed by atoms with Crippen molar-refractivity contribution in [1.82, 2.24) is 10.6 Å². The number of aliphatic carboxylic acids is 1. The minimum absolute atomic E-state index is 0.164. The molecule has 0 heterocycles. The lowest BCUT2D eigenvalue weighted by Crippen LogP contribution is -2.50. The minimum Gasteiger partial charge on any atom is -0.493 e. The number of hydrogen-bond donors (Lipinski definition) is 4. The Kier molecular flexibility index (Phi) is 12.3. The van der Waals surface area contributed by atoms with E-state index in [1.165, 1.54) is 39.0 Å². The van der Waals surface area contributed by atoms with Crippen molar-refractivity contribution in [2.75, 3.05) is 38.7 Å². The molecule has 2 aromatic carbocycles. The van der Waals surface area contributed by atoms with Crippen LogP contribution in [0.2, 0.25) is 0 Å². The van der Waals surface area contributed by atoms with E-state index in [0.717, 1.165) is 5.56 Å². The molecule has 12 heteroatoms. The van der Waals surface area contributed by atoms with Crippen LogP contribution in [0.25, 0.3) is 11.1 Å². The summed E-state index contributed by atoms with van der Waals surface area (Å²) in [5.74, 6) is -0.210. The summed E-state index contributed by atoms with van der Waals surface area (Å²) in [7, 11) is 4.59. The number of amides is 2. The molecule has 44 heavy (non-hydrogen) atoms. The maximum atomic E-state index is 13.8. The number of nitrogens with one attached hydrogen (secondary N) is 3. The van der Waals surface area contributed by atoms with Gasteiger partial charge in [-0.25, -0.2) is 4.79 Å². The molecule has 0 radical (unpaired) electrons. The first-order valence-electron chi connectivity index (χ1n) is 14.6. The summed E-state index contributed by atoms with van der Waals surface area (Å²) >= 11 is 1.54. The summed E-state index contributed by atoms with van der Waals surface area (Å²) in [6.07, 6.45) is 3.91. The number of methoxy groups -OCH3 is 3. The molecule has 1 aliphatic carbocycles. The van der Waals surface area contributed by atoms with Crippen LogP contribution in [0.5, 0.6) is 17.2 Å². The molecule has 4 unspecified atom stereocenters. The number of carbonyl (C=O) groups excluding carboxylic acids is 2. The zero-order valence-corrected chi connectivity index (χ0v) is 27.2. The number of carbonyl (C=O) groups is 3. The third-order valence-corrected chi connectivity index (χ3v) is 8.59. The molecule has 0 fully saturated rings. The van der Waals surface area contributed by atoms with Gasteiger partial charge in [-0.3, -0.25) is 14.4 Å². The van der Waals surface area contributed by atoms with Crippen molar-refractivity contribution in [3.63, 3.8) is 0 Å². The molecule has 0 bridgehead atoms. The fourth-order valence-electron chi connectivity index (χ4n) is 5.46. The summed E-state index contributed by atoms with van der Waals surface area (Å²) in [6, 6.07) is 4.34. The van der Waals surface area contributed by atoms with Gasteiger partial charge in [0.05, 0.1) is 33.1 Å². The predicted octanol–water partition coefficient (Wildman–Crippen LogP) is 4.01. The molecule has 240 valence electrons. The molecular weight excluding hydrogens is 586 g/mol. The number of rotatable bonds is 14. The van der Waals surface area contributed by atoms with Crippen LogP contribution in [0.15, 0.2) is 29.1 Å². The van der Waals surface area contributed by atoms with Crippen LogP contribution in [0.3, 0.4) is 0 Å². The van der Waals surface area contributed by atoms with Gasteiger partial charge in [-0.2, -0.15) is 11.8 Å². The highest BCUT2D eigenvalue weighted by Gasteiger charge is 2.31. The Morgan fingerprint density at radius 3 is 2.36 bits per heavy atom. The number of aryl methyl sites for hydroxylation is 1. The van der Waals surface area contributed by atoms with Crippen LogP contribution < -0.4 is 35.6 Å². The zero-order chi connectivity index (χ0) is 32.6. The zero-order valence-electron chi connectivity index (χ0n) is 26.4. The van der Waals surface area contributed by atoms with Crippen molar-refractivity contribution in [2.24, 2.45) is 5.92 Å². The van der Waals surface area contributed by atoms with E-state index in [1.807, 2.05) is 19.2 Å². The maximum absolute atomic E-state index is 13.8. The summed E-state index contributed by atoms with van der Waals surface area (Å²) < 4.78 is 17.1. The van der Waals surface area contributed by atoms with E-state index in [1.54, 1.807) is 26.2 Å². The summed E-state index contributed by atoms with van der Waals surface area (Å²) in [6.45, 7) is 5.06. The number of thioether (sulfide) groups is 1. The highest BCUT2D eigenvalue weighted by atomic mass is 32.2. The van der Waals surface area contributed by atoms with Gasteiger partial charge >= 0.3 is 5.97 Å². The standard InChI is InChI=1S/C32H43N3O8S/c1-8-17(2)28(32(39)40)35-31(38)24(13-14-44-7)34-23-12-10-20-21(16-25(23)37)22(33-18(3)36)11-9-19-15-26(41-4)29(42-5)30(43-6)27(19)20/h10,12,15-17,22,24,28H,8-9,11,13-14H2,1-7H3,(H,33,36)(H,34,37)(H,35,38)(H,39,40). The van der Waals surface area contributed by atoms with Gasteiger partial charge in [0.1, 0.15) is 12.1 Å². The molecule has 3 rings (SSSR count). The molecule has 2 amide bonds. The van der Waals surface area contributed by atoms with Gasteiger partial charge in [0.15, 0.2) is 11.5 Å². The van der Waals surface area contributed by atoms with Gasteiger partial charge in [-0.15, -0.1) is 0 Å². The van der Waals surface area contributed by atoms with E-state index < -0.39 is 30.0 Å². The average molecular weight is 630 g/mol. The Balaban J connectivity index is 2.19. The number of ether oxygens (including phenoxy) is 3. The highest BCUT2D eigenvalue weighted by Crippen LogP contribution is 2.50. The van der Waals surface area contributed by atoms with Crippen LogP contribution in [0, 0.1) is 5.92 Å². The van der Waals surface area contributed by atoms with Crippen LogP contribution in [-0.4, -0.2) is 68.3 Å². The van der Waals surface area contributed by atoms with Gasteiger partial charge < -0.3 is 35.3 Å². The normalized spacial score (nSPS) is 15.8. The van der Waals surface area contributed by atoms with E-state index >= 15 is 0 Å². The molecule has 2 aromatic rings. The molecule has 4 atom stereocenters. The largest absolute Gasteiger partial charge is 0.493 e. The highest BCUT2D eigenvalue weighted by molar-refractivity contribution is 7.98. The molecule has 4 N–H and O–H groups in total. The second-order valence-corrected chi connectivity index (χ2v) is 11.8. The third-order valence-electron chi connectivity index (χ3n) is 7.95. The van der Waals surface area contributed by atoms with E-state index in [0.29, 0.717) is 65.4 Å². The molecule has 0 aromatic heterocycles. The Morgan fingerprint density at radius 2 is 1.80 bits per heavy atom. The SMILES string of the molecule is CCC(C)C(NC(=O)C(CCSC)Nc1ccc2c(cc1=O)C(NC(C)=O)CCc1cc(OC)c(OC)c(OC)c1-2)C(=O)O. The van der Waals surface area contributed by atoms with Crippen molar-refractivity contribution in [3.05, 3.63) is 45.6 Å². The van der Waals surface area contributed by atoms with E-state index in [-0.39, 0.29) is 22.9 Å². The number of fused-ring (bicyclic) bond motifs is 3. The number of carboxylic acid groups (broad SMARTS) is 1. The van der Waals surface area contributed by atoms with Crippen molar-refractivity contribution >= 4 is 35.2 Å². The number of carboxylic acids is 1. The monoisotopic (exact) mass is 629 g/mol. The molecule has 0 saturated carbocycles. The first kappa shape index (κ1) is 34.6. The van der Waals surface area contributed by atoms with Crippen molar-refractivity contribution in [3.8, 4) is 28.4 Å². The van der Waals surface area contributed by atoms with Gasteiger partial charge in [-0.1, -0.05) is 26.3 Å². The smallest absolute Gasteiger partial charge is 0.326 e. The fraction of sp³-hybridized carbons (Fsp3) is 0.500. The first-order chi connectivity index (χ1) is 21.0. The van der Waals surface area contributed by atoms with Gasteiger partial charge in [0, 0.05) is 12.5 Å². The third kappa shape index (κ3) is 7.77.